The first-order valence-electron chi connectivity index (χ1n) is 12.0. The van der Waals surface area contributed by atoms with Gasteiger partial charge in [-0.15, -0.1) is 0 Å². The number of carbonyl (C=O) groups is 1. The van der Waals surface area contributed by atoms with E-state index in [4.69, 9.17) is 15.2 Å². The zero-order chi connectivity index (χ0) is 25.9. The SMILES string of the molecule is COc1cc(C#Cc2nn(C3CNC3C(=O)/C=C/CN3CCC(F)C3)c3ncnc(N)c23)cc(OC)c1. The number of aromatic nitrogens is 4. The second-order valence-electron chi connectivity index (χ2n) is 9.01. The molecule has 3 atom stereocenters. The number of carbonyl (C=O) groups excluding carboxylic acids is 1. The molecule has 0 spiro atoms. The van der Waals surface area contributed by atoms with Gasteiger partial charge in [-0.1, -0.05) is 12.0 Å². The predicted molar refractivity (Wildman–Crippen MR) is 136 cm³/mol. The zero-order valence-corrected chi connectivity index (χ0v) is 20.6. The van der Waals surface area contributed by atoms with E-state index >= 15 is 0 Å². The number of nitrogens with two attached hydrogens (primary N) is 1. The lowest BCUT2D eigenvalue weighted by Crippen LogP contribution is -2.57. The van der Waals surface area contributed by atoms with Gasteiger partial charge in [0.05, 0.1) is 31.7 Å². The van der Waals surface area contributed by atoms with Crippen molar-refractivity contribution in [2.24, 2.45) is 0 Å². The van der Waals surface area contributed by atoms with Crippen LogP contribution < -0.4 is 20.5 Å². The third kappa shape index (κ3) is 5.12. The van der Waals surface area contributed by atoms with Crippen molar-refractivity contribution in [2.75, 3.05) is 46.1 Å². The third-order valence-corrected chi connectivity index (χ3v) is 6.61. The van der Waals surface area contributed by atoms with Crippen LogP contribution in [-0.2, 0) is 4.79 Å². The minimum Gasteiger partial charge on any atom is -0.497 e. The Bertz CT molecular complexity index is 1390. The van der Waals surface area contributed by atoms with E-state index in [0.717, 1.165) is 0 Å². The van der Waals surface area contributed by atoms with Crippen molar-refractivity contribution in [3.05, 3.63) is 47.9 Å². The Morgan fingerprint density at radius 2 is 2.03 bits per heavy atom. The van der Waals surface area contributed by atoms with Crippen molar-refractivity contribution in [1.82, 2.24) is 30.0 Å². The highest BCUT2D eigenvalue weighted by atomic mass is 19.1. The van der Waals surface area contributed by atoms with Crippen LogP contribution in [0.5, 0.6) is 11.5 Å². The number of nitrogen functional groups attached to an aromatic ring is 1. The number of ether oxygens (including phenoxy) is 2. The fourth-order valence-electron chi connectivity index (χ4n) is 4.56. The molecule has 3 N–H and O–H groups in total. The van der Waals surface area contributed by atoms with Crippen LogP contribution in [0, 0.1) is 11.8 Å². The van der Waals surface area contributed by atoms with E-state index in [2.05, 4.69) is 32.2 Å². The van der Waals surface area contributed by atoms with Crippen LogP contribution in [0.4, 0.5) is 10.2 Å². The summed E-state index contributed by atoms with van der Waals surface area (Å²) in [5.41, 5.74) is 7.79. The van der Waals surface area contributed by atoms with E-state index in [1.807, 2.05) is 4.90 Å². The van der Waals surface area contributed by atoms with Crippen LogP contribution in [0.1, 0.15) is 23.7 Å². The van der Waals surface area contributed by atoms with Gasteiger partial charge in [-0.3, -0.25) is 9.69 Å². The van der Waals surface area contributed by atoms with Crippen molar-refractivity contribution in [3.63, 3.8) is 0 Å². The monoisotopic (exact) mass is 505 g/mol. The van der Waals surface area contributed by atoms with Crippen molar-refractivity contribution < 1.29 is 18.7 Å². The summed E-state index contributed by atoms with van der Waals surface area (Å²) in [6.45, 7) is 2.21. The van der Waals surface area contributed by atoms with Gasteiger partial charge in [-0.05, 0) is 30.6 Å². The highest BCUT2D eigenvalue weighted by Crippen LogP contribution is 2.29. The molecular weight excluding hydrogens is 477 g/mol. The quantitative estimate of drug-likeness (QED) is 0.364. The summed E-state index contributed by atoms with van der Waals surface area (Å²) in [5, 5.41) is 8.40. The molecule has 3 unspecified atom stereocenters. The largest absolute Gasteiger partial charge is 0.497 e. The first-order chi connectivity index (χ1) is 18.0. The van der Waals surface area contributed by atoms with E-state index in [1.54, 1.807) is 49.3 Å². The minimum absolute atomic E-state index is 0.0750. The molecule has 2 aliphatic heterocycles. The highest BCUT2D eigenvalue weighted by molar-refractivity contribution is 5.96. The number of rotatable bonds is 7. The Hall–Kier alpha value is -4.01. The molecule has 4 heterocycles. The lowest BCUT2D eigenvalue weighted by molar-refractivity contribution is -0.119. The summed E-state index contributed by atoms with van der Waals surface area (Å²) in [6, 6.07) is 4.62. The van der Waals surface area contributed by atoms with Gasteiger partial charge in [0.25, 0.3) is 0 Å². The van der Waals surface area contributed by atoms with Crippen molar-refractivity contribution in [1.29, 1.82) is 0 Å². The number of alkyl halides is 1. The number of nitrogens with one attached hydrogen (secondary N) is 1. The molecule has 0 radical (unpaired) electrons. The van der Waals surface area contributed by atoms with E-state index in [0.29, 0.717) is 66.4 Å². The second kappa shape index (κ2) is 10.5. The summed E-state index contributed by atoms with van der Waals surface area (Å²) < 4.78 is 25.7. The van der Waals surface area contributed by atoms with Gasteiger partial charge in [0, 0.05) is 37.8 Å². The number of anilines is 1. The molecule has 2 aliphatic rings. The standard InChI is InChI=1S/C26H28FN7O3/c1-36-18-10-16(11-19(12-18)37-2)5-6-20-23-25(28)30-15-31-26(23)34(32-20)21-13-29-24(21)22(35)4-3-8-33-9-7-17(27)14-33/h3-4,10-12,15,17,21,24,29H,7-9,13-14H2,1-2H3,(H2,28,30,31)/b4-3+. The van der Waals surface area contributed by atoms with Crippen molar-refractivity contribution in [2.45, 2.75) is 24.7 Å². The minimum atomic E-state index is -0.785. The Morgan fingerprint density at radius 1 is 1.24 bits per heavy atom. The average molecular weight is 506 g/mol. The normalized spacial score (nSPS) is 21.5. The van der Waals surface area contributed by atoms with Crippen LogP contribution in [0.25, 0.3) is 11.0 Å². The molecule has 0 aliphatic carbocycles. The lowest BCUT2D eigenvalue weighted by atomic mass is 9.95. The molecule has 11 heteroatoms. The maximum atomic E-state index is 13.4. The Kier molecular flexibility index (Phi) is 7.03. The topological polar surface area (TPSA) is 120 Å². The number of benzene rings is 1. The molecule has 2 aromatic heterocycles. The highest BCUT2D eigenvalue weighted by Gasteiger charge is 2.38. The average Bonchev–Trinajstić information content (AvgIpc) is 3.45. The zero-order valence-electron chi connectivity index (χ0n) is 20.6. The summed E-state index contributed by atoms with van der Waals surface area (Å²) >= 11 is 0. The van der Waals surface area contributed by atoms with Gasteiger partial charge in [0.1, 0.15) is 35.5 Å². The molecule has 0 amide bonds. The van der Waals surface area contributed by atoms with Crippen LogP contribution >= 0.6 is 0 Å². The molecule has 2 fully saturated rings. The number of hydrogen-bond acceptors (Lipinski definition) is 9. The summed E-state index contributed by atoms with van der Waals surface area (Å²) in [5.74, 6) is 7.58. The Labute approximate surface area is 213 Å². The second-order valence-corrected chi connectivity index (χ2v) is 9.01. The van der Waals surface area contributed by atoms with Crippen LogP contribution in [0.3, 0.4) is 0 Å². The van der Waals surface area contributed by atoms with Gasteiger partial charge in [-0.2, -0.15) is 5.10 Å². The van der Waals surface area contributed by atoms with E-state index in [1.165, 1.54) is 6.33 Å². The maximum absolute atomic E-state index is 13.4. The van der Waals surface area contributed by atoms with Crippen LogP contribution in [0.2, 0.25) is 0 Å². The predicted octanol–water partition coefficient (Wildman–Crippen LogP) is 1.51. The van der Waals surface area contributed by atoms with Crippen molar-refractivity contribution in [3.8, 4) is 23.3 Å². The summed E-state index contributed by atoms with van der Waals surface area (Å²) in [7, 11) is 3.15. The molecule has 1 aromatic carbocycles. The molecule has 5 rings (SSSR count). The molecule has 3 aromatic rings. The van der Waals surface area contributed by atoms with Gasteiger partial charge in [-0.25, -0.2) is 19.0 Å². The molecular formula is C26H28FN7O3. The van der Waals surface area contributed by atoms with E-state index in [9.17, 15) is 9.18 Å². The molecule has 0 bridgehead atoms. The smallest absolute Gasteiger partial charge is 0.174 e. The number of nitrogens with zero attached hydrogens (tertiary/aromatic N) is 5. The van der Waals surface area contributed by atoms with Gasteiger partial charge < -0.3 is 20.5 Å². The fraction of sp³-hybridized carbons (Fsp3) is 0.385. The lowest BCUT2D eigenvalue weighted by Gasteiger charge is -2.36. The number of methoxy groups -OCH3 is 2. The number of halogens is 1. The third-order valence-electron chi connectivity index (χ3n) is 6.61. The Balaban J connectivity index is 1.40. The first kappa shape index (κ1) is 24.7. The number of ketones is 1. The van der Waals surface area contributed by atoms with Crippen LogP contribution in [-0.4, -0.2) is 83.0 Å². The van der Waals surface area contributed by atoms with Gasteiger partial charge in [0.15, 0.2) is 11.4 Å². The maximum Gasteiger partial charge on any atom is 0.174 e. The van der Waals surface area contributed by atoms with E-state index < -0.39 is 12.2 Å². The number of likely N-dealkylation sites (tertiary alicyclic amines) is 1. The first-order valence-corrected chi connectivity index (χ1v) is 12.0. The van der Waals surface area contributed by atoms with Crippen molar-refractivity contribution >= 4 is 22.6 Å². The molecule has 10 nitrogen and oxygen atoms in total. The fourth-order valence-corrected chi connectivity index (χ4v) is 4.56. The molecule has 192 valence electrons. The number of fused-ring (bicyclic) bond motifs is 1. The van der Waals surface area contributed by atoms with Gasteiger partial charge in [0.2, 0.25) is 0 Å². The van der Waals surface area contributed by atoms with Crippen LogP contribution in [0.15, 0.2) is 36.7 Å². The molecule has 0 saturated carbocycles. The van der Waals surface area contributed by atoms with Gasteiger partial charge >= 0.3 is 0 Å². The number of hydrogen-bond donors (Lipinski definition) is 2. The summed E-state index contributed by atoms with van der Waals surface area (Å²) in [6.07, 6.45) is 4.48. The Morgan fingerprint density at radius 3 is 2.68 bits per heavy atom. The van der Waals surface area contributed by atoms with E-state index in [-0.39, 0.29) is 17.6 Å². The molecule has 37 heavy (non-hydrogen) atoms. The summed E-state index contributed by atoms with van der Waals surface area (Å²) in [4.78, 5) is 23.4. The molecule has 2 saturated heterocycles.